The summed E-state index contributed by atoms with van der Waals surface area (Å²) in [5, 5.41) is 8.38. The summed E-state index contributed by atoms with van der Waals surface area (Å²) < 4.78 is 0. The molecule has 0 spiro atoms. The Morgan fingerprint density at radius 2 is 1.78 bits per heavy atom. The molecule has 2 nitrogen and oxygen atoms in total. The topological polar surface area (TPSA) is 28.7 Å². The fourth-order valence-electron chi connectivity index (χ4n) is 3.30. The van der Waals surface area contributed by atoms with E-state index in [1.54, 1.807) is 0 Å². The van der Waals surface area contributed by atoms with Crippen molar-refractivity contribution in [1.82, 2.24) is 10.2 Å². The monoisotopic (exact) mass is 240 g/mol. The van der Waals surface area contributed by atoms with E-state index >= 15 is 0 Å². The second-order valence-electron chi connectivity index (χ2n) is 7.09. The second-order valence-corrected chi connectivity index (χ2v) is 7.09. The quantitative estimate of drug-likeness (QED) is 0.761. The number of H-pyrrole nitrogens is 1. The van der Waals surface area contributed by atoms with Gasteiger partial charge in [0, 0.05) is 5.39 Å². The Morgan fingerprint density at radius 1 is 1.11 bits per heavy atom. The van der Waals surface area contributed by atoms with Crippen LogP contribution in [0.1, 0.15) is 27.7 Å². The van der Waals surface area contributed by atoms with Crippen LogP contribution in [0.2, 0.25) is 12.6 Å². The van der Waals surface area contributed by atoms with Crippen LogP contribution in [0.4, 0.5) is 0 Å². The third-order valence-electron chi connectivity index (χ3n) is 5.28. The number of aromatic nitrogens is 2. The number of nitrogens with zero attached hydrogens (tertiary/aromatic N) is 1. The van der Waals surface area contributed by atoms with Crippen molar-refractivity contribution in [1.29, 1.82) is 0 Å². The molecular weight excluding hydrogens is 219 g/mol. The van der Waals surface area contributed by atoms with Crippen LogP contribution >= 0.6 is 0 Å². The molecular formula is C15H21BN2. The van der Waals surface area contributed by atoms with Gasteiger partial charge in [0.15, 0.2) is 6.71 Å². The highest BCUT2D eigenvalue weighted by atomic mass is 15.1. The van der Waals surface area contributed by atoms with E-state index < -0.39 is 0 Å². The van der Waals surface area contributed by atoms with Gasteiger partial charge in [0.1, 0.15) is 0 Å². The van der Waals surface area contributed by atoms with E-state index in [0.717, 1.165) is 5.52 Å². The van der Waals surface area contributed by atoms with Crippen molar-refractivity contribution in [2.75, 3.05) is 0 Å². The van der Waals surface area contributed by atoms with Crippen molar-refractivity contribution < 1.29 is 0 Å². The first kappa shape index (κ1) is 11.8. The van der Waals surface area contributed by atoms with Gasteiger partial charge in [0.25, 0.3) is 0 Å². The maximum atomic E-state index is 4.10. The summed E-state index contributed by atoms with van der Waals surface area (Å²) in [6.07, 6.45) is 4.45. The number of rotatable bonds is 1. The molecule has 2 aromatic rings. The number of hydrogen-bond acceptors (Lipinski definition) is 1. The zero-order valence-corrected chi connectivity index (χ0v) is 11.7. The lowest BCUT2D eigenvalue weighted by Gasteiger charge is -2.35. The maximum Gasteiger partial charge on any atom is 0.177 e. The van der Waals surface area contributed by atoms with Crippen LogP contribution in [0, 0.1) is 10.8 Å². The number of fused-ring (bicyclic) bond motifs is 1. The Kier molecular flexibility index (Phi) is 2.38. The third-order valence-corrected chi connectivity index (χ3v) is 5.28. The summed E-state index contributed by atoms with van der Waals surface area (Å²) in [6, 6.07) is 6.75. The Morgan fingerprint density at radius 3 is 2.44 bits per heavy atom. The largest absolute Gasteiger partial charge is 0.278 e. The standard InChI is InChI=1S/C15H21BN2/c1-14(2)9-16(10-15(14,3)4)12-6-5-11-8-17-18-13(11)7-12/h5-8H,9-10H2,1-4H3,(H,17,18). The fraction of sp³-hybridized carbons (Fsp3) is 0.533. The van der Waals surface area contributed by atoms with Gasteiger partial charge in [-0.15, -0.1) is 0 Å². The van der Waals surface area contributed by atoms with Crippen LogP contribution in [0.3, 0.4) is 0 Å². The molecule has 1 aromatic heterocycles. The molecule has 3 heteroatoms. The summed E-state index contributed by atoms with van der Waals surface area (Å²) in [7, 11) is 0. The minimum Gasteiger partial charge on any atom is -0.278 e. The lowest BCUT2D eigenvalue weighted by Crippen LogP contribution is -2.27. The van der Waals surface area contributed by atoms with Crippen molar-refractivity contribution in [3.05, 3.63) is 24.4 Å². The van der Waals surface area contributed by atoms with E-state index in [0.29, 0.717) is 17.5 Å². The molecule has 0 unspecified atom stereocenters. The van der Waals surface area contributed by atoms with Gasteiger partial charge in [-0.1, -0.05) is 57.9 Å². The smallest absolute Gasteiger partial charge is 0.177 e. The number of benzene rings is 1. The summed E-state index contributed by atoms with van der Waals surface area (Å²) >= 11 is 0. The van der Waals surface area contributed by atoms with Gasteiger partial charge < -0.3 is 0 Å². The molecule has 0 bridgehead atoms. The fourth-order valence-corrected chi connectivity index (χ4v) is 3.30. The van der Waals surface area contributed by atoms with Crippen LogP contribution in [0.25, 0.3) is 10.9 Å². The van der Waals surface area contributed by atoms with Crippen molar-refractivity contribution in [3.63, 3.8) is 0 Å². The second kappa shape index (κ2) is 3.63. The Balaban J connectivity index is 1.96. The predicted molar refractivity (Wildman–Crippen MR) is 78.7 cm³/mol. The normalized spacial score (nSPS) is 21.7. The molecule has 0 atom stereocenters. The van der Waals surface area contributed by atoms with E-state index in [9.17, 15) is 0 Å². The summed E-state index contributed by atoms with van der Waals surface area (Å²) in [6.45, 7) is 10.3. The van der Waals surface area contributed by atoms with E-state index in [1.807, 2.05) is 6.20 Å². The highest BCUT2D eigenvalue weighted by Crippen LogP contribution is 2.52. The molecule has 0 radical (unpaired) electrons. The van der Waals surface area contributed by atoms with Gasteiger partial charge >= 0.3 is 0 Å². The first-order chi connectivity index (χ1) is 8.39. The summed E-state index contributed by atoms with van der Waals surface area (Å²) in [4.78, 5) is 0. The molecule has 0 aliphatic carbocycles. The zero-order valence-electron chi connectivity index (χ0n) is 11.7. The van der Waals surface area contributed by atoms with E-state index in [2.05, 4.69) is 56.1 Å². The van der Waals surface area contributed by atoms with E-state index in [1.165, 1.54) is 23.5 Å². The van der Waals surface area contributed by atoms with E-state index in [-0.39, 0.29) is 0 Å². The lowest BCUT2D eigenvalue weighted by atomic mass is 9.42. The number of nitrogens with one attached hydrogen (secondary N) is 1. The van der Waals surface area contributed by atoms with Gasteiger partial charge in [0.05, 0.1) is 11.7 Å². The summed E-state index contributed by atoms with van der Waals surface area (Å²) in [5.41, 5.74) is 3.46. The maximum absolute atomic E-state index is 4.10. The van der Waals surface area contributed by atoms with E-state index in [4.69, 9.17) is 0 Å². The molecule has 0 amide bonds. The van der Waals surface area contributed by atoms with Crippen molar-refractivity contribution in [2.24, 2.45) is 10.8 Å². The molecule has 1 saturated heterocycles. The molecule has 1 N–H and O–H groups in total. The number of hydrogen-bond donors (Lipinski definition) is 1. The van der Waals surface area contributed by atoms with Crippen molar-refractivity contribution in [2.45, 2.75) is 40.3 Å². The van der Waals surface area contributed by atoms with Gasteiger partial charge in [-0.05, 0) is 16.9 Å². The molecule has 0 saturated carbocycles. The highest BCUT2D eigenvalue weighted by molar-refractivity contribution is 6.74. The molecule has 1 aliphatic heterocycles. The van der Waals surface area contributed by atoms with Crippen LogP contribution in [-0.2, 0) is 0 Å². The molecule has 3 rings (SSSR count). The lowest BCUT2D eigenvalue weighted by molar-refractivity contribution is 0.177. The minimum atomic E-state index is 0.417. The van der Waals surface area contributed by atoms with Crippen molar-refractivity contribution >= 4 is 23.1 Å². The minimum absolute atomic E-state index is 0.417. The average molecular weight is 240 g/mol. The van der Waals surface area contributed by atoms with Gasteiger partial charge in [0.2, 0.25) is 0 Å². The van der Waals surface area contributed by atoms with Gasteiger partial charge in [-0.3, -0.25) is 5.10 Å². The van der Waals surface area contributed by atoms with Gasteiger partial charge in [-0.2, -0.15) is 5.10 Å². The molecule has 94 valence electrons. The molecule has 1 aliphatic rings. The predicted octanol–water partition coefficient (Wildman–Crippen LogP) is 3.33. The van der Waals surface area contributed by atoms with Gasteiger partial charge in [-0.25, -0.2) is 0 Å². The SMILES string of the molecule is CC1(C)CB(c2ccc3cn[nH]c3c2)CC1(C)C. The van der Waals surface area contributed by atoms with Crippen LogP contribution in [0.15, 0.2) is 24.4 Å². The van der Waals surface area contributed by atoms with Crippen molar-refractivity contribution in [3.8, 4) is 0 Å². The average Bonchev–Trinajstić information content (AvgIpc) is 2.80. The summed E-state index contributed by atoms with van der Waals surface area (Å²) in [5.74, 6) is 0. The Hall–Kier alpha value is -1.25. The van der Waals surface area contributed by atoms with Crippen LogP contribution < -0.4 is 5.46 Å². The zero-order chi connectivity index (χ0) is 13.0. The third kappa shape index (κ3) is 1.68. The van der Waals surface area contributed by atoms with Crippen LogP contribution in [0.5, 0.6) is 0 Å². The first-order valence-corrected chi connectivity index (χ1v) is 6.82. The van der Waals surface area contributed by atoms with Crippen LogP contribution in [-0.4, -0.2) is 16.9 Å². The molecule has 18 heavy (non-hydrogen) atoms. The molecule has 1 fully saturated rings. The molecule has 2 heterocycles. The Labute approximate surface area is 109 Å². The highest BCUT2D eigenvalue weighted by Gasteiger charge is 2.47. The Bertz CT molecular complexity index is 567. The molecule has 1 aromatic carbocycles. The number of aromatic amines is 1. The first-order valence-electron chi connectivity index (χ1n) is 6.82.